The van der Waals surface area contributed by atoms with Crippen molar-refractivity contribution in [1.82, 2.24) is 25.5 Å². The number of hydrogen-bond acceptors (Lipinski definition) is 8. The van der Waals surface area contributed by atoms with E-state index in [0.29, 0.717) is 11.2 Å². The summed E-state index contributed by atoms with van der Waals surface area (Å²) in [6.45, 7) is -0.150. The number of aromatic amines is 2. The molecule has 116 valence electrons. The first kappa shape index (κ1) is 15.4. The number of fused-ring (bicyclic) bond motifs is 1. The maximum Gasteiger partial charge on any atom is 0.278 e. The Morgan fingerprint density at radius 2 is 2.10 bits per heavy atom. The standard InChI is InChI=1S/C11H18N6O4/c12-11-14-8-6(16-17-9(8)10(21)15-11)2-13-1-5(3-18)7(20)4-19/h5,7,13,18-20H,1-4H2,(H,16,17)(H3,12,14,15,21)/t5-,7-/m1/s1. The molecule has 0 aromatic carbocycles. The van der Waals surface area contributed by atoms with Crippen LogP contribution in [-0.2, 0) is 6.54 Å². The molecule has 2 atom stereocenters. The highest BCUT2D eigenvalue weighted by Gasteiger charge is 2.18. The van der Waals surface area contributed by atoms with Crippen LogP contribution in [0.3, 0.4) is 0 Å². The van der Waals surface area contributed by atoms with E-state index in [1.54, 1.807) is 0 Å². The van der Waals surface area contributed by atoms with Crippen molar-refractivity contribution >= 4 is 17.0 Å². The molecule has 10 heteroatoms. The zero-order valence-electron chi connectivity index (χ0n) is 11.2. The monoisotopic (exact) mass is 298 g/mol. The summed E-state index contributed by atoms with van der Waals surface area (Å²) in [5.74, 6) is -0.499. The topological polar surface area (TPSA) is 173 Å². The molecule has 8 N–H and O–H groups in total. The Kier molecular flexibility index (Phi) is 4.85. The van der Waals surface area contributed by atoms with Gasteiger partial charge in [0, 0.05) is 25.6 Å². The third-order valence-electron chi connectivity index (χ3n) is 3.18. The van der Waals surface area contributed by atoms with Crippen LogP contribution in [0.15, 0.2) is 4.79 Å². The highest BCUT2D eigenvalue weighted by Crippen LogP contribution is 2.10. The van der Waals surface area contributed by atoms with Crippen LogP contribution >= 0.6 is 0 Å². The van der Waals surface area contributed by atoms with Gasteiger partial charge in [-0.2, -0.15) is 5.10 Å². The number of aromatic nitrogens is 4. The SMILES string of the molecule is Nc1nc2c(CNC[C@H](CO)[C@H](O)CO)n[nH]c2c(=O)[nH]1. The summed E-state index contributed by atoms with van der Waals surface area (Å²) in [6, 6.07) is 0. The lowest BCUT2D eigenvalue weighted by Gasteiger charge is -2.19. The van der Waals surface area contributed by atoms with Gasteiger partial charge in [-0.25, -0.2) is 4.98 Å². The molecule has 10 nitrogen and oxygen atoms in total. The summed E-state index contributed by atoms with van der Waals surface area (Å²) in [4.78, 5) is 18.0. The zero-order chi connectivity index (χ0) is 15.4. The fourth-order valence-corrected chi connectivity index (χ4v) is 1.95. The highest BCUT2D eigenvalue weighted by molar-refractivity contribution is 5.76. The van der Waals surface area contributed by atoms with Crippen molar-refractivity contribution in [2.75, 3.05) is 25.5 Å². The van der Waals surface area contributed by atoms with Gasteiger partial charge in [0.25, 0.3) is 5.56 Å². The number of aliphatic hydroxyl groups is 3. The number of nitrogens with one attached hydrogen (secondary N) is 3. The largest absolute Gasteiger partial charge is 0.396 e. The van der Waals surface area contributed by atoms with E-state index < -0.39 is 24.2 Å². The van der Waals surface area contributed by atoms with Gasteiger partial charge < -0.3 is 26.4 Å². The molecule has 0 aliphatic rings. The van der Waals surface area contributed by atoms with Gasteiger partial charge in [0.05, 0.1) is 12.7 Å². The van der Waals surface area contributed by atoms with Crippen molar-refractivity contribution in [1.29, 1.82) is 0 Å². The van der Waals surface area contributed by atoms with Crippen LogP contribution in [0.5, 0.6) is 0 Å². The van der Waals surface area contributed by atoms with Crippen molar-refractivity contribution in [2.24, 2.45) is 5.92 Å². The molecule has 0 aliphatic carbocycles. The molecule has 2 rings (SSSR count). The average Bonchev–Trinajstić information content (AvgIpc) is 2.86. The van der Waals surface area contributed by atoms with Crippen LogP contribution in [0.4, 0.5) is 5.95 Å². The van der Waals surface area contributed by atoms with Crippen LogP contribution in [0.1, 0.15) is 5.69 Å². The smallest absolute Gasteiger partial charge is 0.278 e. The number of H-pyrrole nitrogens is 2. The number of nitrogens with two attached hydrogens (primary N) is 1. The molecule has 0 unspecified atom stereocenters. The van der Waals surface area contributed by atoms with E-state index in [-0.39, 0.29) is 31.2 Å². The minimum Gasteiger partial charge on any atom is -0.396 e. The number of hydrogen-bond donors (Lipinski definition) is 7. The van der Waals surface area contributed by atoms with E-state index in [2.05, 4.69) is 25.5 Å². The van der Waals surface area contributed by atoms with E-state index in [4.69, 9.17) is 15.9 Å². The average molecular weight is 298 g/mol. The summed E-state index contributed by atoms with van der Waals surface area (Å²) in [5.41, 5.74) is 6.18. The quantitative estimate of drug-likeness (QED) is 0.288. The maximum absolute atomic E-state index is 11.6. The Balaban J connectivity index is 2.06. The summed E-state index contributed by atoms with van der Waals surface area (Å²) in [6.07, 6.45) is -1.00. The van der Waals surface area contributed by atoms with Crippen molar-refractivity contribution in [3.63, 3.8) is 0 Å². The van der Waals surface area contributed by atoms with Crippen LogP contribution in [-0.4, -0.2) is 61.3 Å². The molecule has 2 heterocycles. The highest BCUT2D eigenvalue weighted by atomic mass is 16.3. The lowest BCUT2D eigenvalue weighted by molar-refractivity contribution is 0.0228. The minimum atomic E-state index is -1.00. The van der Waals surface area contributed by atoms with Gasteiger partial charge in [-0.05, 0) is 0 Å². The van der Waals surface area contributed by atoms with Gasteiger partial charge in [0.2, 0.25) is 5.95 Å². The number of anilines is 1. The van der Waals surface area contributed by atoms with Gasteiger partial charge in [0.1, 0.15) is 16.7 Å². The Hall–Kier alpha value is -2.01. The number of aliphatic hydroxyl groups excluding tert-OH is 3. The van der Waals surface area contributed by atoms with Crippen LogP contribution in [0.2, 0.25) is 0 Å². The molecule has 0 radical (unpaired) electrons. The van der Waals surface area contributed by atoms with Crippen molar-refractivity contribution in [3.05, 3.63) is 16.0 Å². The van der Waals surface area contributed by atoms with Gasteiger partial charge >= 0.3 is 0 Å². The molecule has 2 aromatic heterocycles. The van der Waals surface area contributed by atoms with Gasteiger partial charge in [-0.15, -0.1) is 0 Å². The molecule has 2 aromatic rings. The second-order valence-corrected chi connectivity index (χ2v) is 4.67. The molecule has 21 heavy (non-hydrogen) atoms. The normalized spacial score (nSPS) is 14.4. The predicted octanol–water partition coefficient (Wildman–Crippen LogP) is -2.72. The van der Waals surface area contributed by atoms with E-state index in [1.165, 1.54) is 0 Å². The summed E-state index contributed by atoms with van der Waals surface area (Å²) < 4.78 is 0. The maximum atomic E-state index is 11.6. The first-order valence-electron chi connectivity index (χ1n) is 6.40. The summed E-state index contributed by atoms with van der Waals surface area (Å²) in [7, 11) is 0. The lowest BCUT2D eigenvalue weighted by atomic mass is 10.0. The molecule has 0 fully saturated rings. The Morgan fingerprint density at radius 1 is 1.33 bits per heavy atom. The van der Waals surface area contributed by atoms with Crippen LogP contribution in [0.25, 0.3) is 11.0 Å². The second-order valence-electron chi connectivity index (χ2n) is 4.67. The fraction of sp³-hybridized carbons (Fsp3) is 0.545. The van der Waals surface area contributed by atoms with Crippen molar-refractivity contribution in [2.45, 2.75) is 12.6 Å². The fourth-order valence-electron chi connectivity index (χ4n) is 1.95. The first-order chi connectivity index (χ1) is 10.1. The molecule has 0 bridgehead atoms. The summed E-state index contributed by atoms with van der Waals surface area (Å²) >= 11 is 0. The van der Waals surface area contributed by atoms with Gasteiger partial charge in [-0.3, -0.25) is 14.9 Å². The number of nitrogen functional groups attached to an aromatic ring is 1. The third-order valence-corrected chi connectivity index (χ3v) is 3.18. The lowest BCUT2D eigenvalue weighted by Crippen LogP contribution is -2.35. The van der Waals surface area contributed by atoms with E-state index in [1.807, 2.05) is 0 Å². The van der Waals surface area contributed by atoms with Gasteiger partial charge in [0.15, 0.2) is 0 Å². The molecule has 0 saturated heterocycles. The second kappa shape index (κ2) is 6.63. The van der Waals surface area contributed by atoms with Crippen LogP contribution < -0.4 is 16.6 Å². The van der Waals surface area contributed by atoms with Crippen LogP contribution in [0, 0.1) is 5.92 Å². The Labute approximate surface area is 119 Å². The predicted molar refractivity (Wildman–Crippen MR) is 74.3 cm³/mol. The van der Waals surface area contributed by atoms with Crippen molar-refractivity contribution in [3.8, 4) is 0 Å². The molecule has 0 spiro atoms. The molecule has 0 saturated carbocycles. The van der Waals surface area contributed by atoms with Gasteiger partial charge in [-0.1, -0.05) is 0 Å². The first-order valence-corrected chi connectivity index (χ1v) is 6.40. The molecule has 0 amide bonds. The molecule has 0 aliphatic heterocycles. The number of nitrogens with zero attached hydrogens (tertiary/aromatic N) is 2. The third kappa shape index (κ3) is 3.36. The van der Waals surface area contributed by atoms with Crippen molar-refractivity contribution < 1.29 is 15.3 Å². The zero-order valence-corrected chi connectivity index (χ0v) is 11.2. The summed E-state index contributed by atoms with van der Waals surface area (Å²) in [5, 5.41) is 37.0. The molecular weight excluding hydrogens is 280 g/mol. The Bertz CT molecular complexity index is 654. The van der Waals surface area contributed by atoms with E-state index in [0.717, 1.165) is 0 Å². The van der Waals surface area contributed by atoms with E-state index >= 15 is 0 Å². The minimum absolute atomic E-state index is 0.000845. The molecular formula is C11H18N6O4. The van der Waals surface area contributed by atoms with E-state index in [9.17, 15) is 9.90 Å². The number of rotatable bonds is 7. The Morgan fingerprint density at radius 3 is 2.76 bits per heavy atom.